The van der Waals surface area contributed by atoms with Gasteiger partial charge in [-0.1, -0.05) is 30.3 Å². The summed E-state index contributed by atoms with van der Waals surface area (Å²) < 4.78 is 31.7. The number of aliphatic hydroxyl groups excluding tert-OH is 1. The zero-order chi connectivity index (χ0) is 17.5. The summed E-state index contributed by atoms with van der Waals surface area (Å²) in [4.78, 5) is 11.8. The fourth-order valence-corrected chi connectivity index (χ4v) is 2.13. The van der Waals surface area contributed by atoms with E-state index < -0.39 is 23.6 Å². The summed E-state index contributed by atoms with van der Waals surface area (Å²) in [5.41, 5.74) is 0.835. The normalized spacial score (nSPS) is 13.3. The molecule has 0 aromatic heterocycles. The Morgan fingerprint density at radius 3 is 2.42 bits per heavy atom. The van der Waals surface area contributed by atoms with Crippen LogP contribution < -0.4 is 5.32 Å². The zero-order valence-corrected chi connectivity index (χ0v) is 13.2. The molecule has 0 bridgehead atoms. The Kier molecular flexibility index (Phi) is 6.40. The lowest BCUT2D eigenvalue weighted by molar-refractivity contribution is -0.00171. The molecule has 0 spiro atoms. The monoisotopic (exact) mass is 335 g/mol. The SMILES string of the molecule is C[C@H](OC[C@@H](O)CNC(=O)c1cc(F)cc(F)c1)c1ccccc1. The molecule has 4 nitrogen and oxygen atoms in total. The summed E-state index contributed by atoms with van der Waals surface area (Å²) in [5.74, 6) is -2.33. The number of hydrogen-bond acceptors (Lipinski definition) is 3. The van der Waals surface area contributed by atoms with Crippen LogP contribution in [0.15, 0.2) is 48.5 Å². The highest BCUT2D eigenvalue weighted by molar-refractivity contribution is 5.94. The van der Waals surface area contributed by atoms with Gasteiger partial charge in [-0.3, -0.25) is 4.79 Å². The third-order valence-corrected chi connectivity index (χ3v) is 3.43. The van der Waals surface area contributed by atoms with Crippen LogP contribution in [-0.2, 0) is 4.74 Å². The molecule has 2 N–H and O–H groups in total. The van der Waals surface area contributed by atoms with Gasteiger partial charge in [0, 0.05) is 18.2 Å². The summed E-state index contributed by atoms with van der Waals surface area (Å²) in [7, 11) is 0. The molecule has 0 fully saturated rings. The van der Waals surface area contributed by atoms with Crippen molar-refractivity contribution in [3.63, 3.8) is 0 Å². The van der Waals surface area contributed by atoms with Gasteiger partial charge in [0.15, 0.2) is 0 Å². The molecule has 2 atom stereocenters. The molecule has 0 unspecified atom stereocenters. The average molecular weight is 335 g/mol. The van der Waals surface area contributed by atoms with Gasteiger partial charge >= 0.3 is 0 Å². The van der Waals surface area contributed by atoms with Gasteiger partial charge < -0.3 is 15.2 Å². The first-order valence-electron chi connectivity index (χ1n) is 7.54. The molecule has 0 saturated heterocycles. The van der Waals surface area contributed by atoms with E-state index in [0.29, 0.717) is 6.07 Å². The van der Waals surface area contributed by atoms with E-state index in [1.807, 2.05) is 37.3 Å². The summed E-state index contributed by atoms with van der Waals surface area (Å²) in [6.45, 7) is 1.79. The van der Waals surface area contributed by atoms with E-state index in [2.05, 4.69) is 5.32 Å². The summed E-state index contributed by atoms with van der Waals surface area (Å²) in [6.07, 6.45) is -1.13. The predicted molar refractivity (Wildman–Crippen MR) is 85.5 cm³/mol. The minimum absolute atomic E-state index is 0.0217. The van der Waals surface area contributed by atoms with Crippen molar-refractivity contribution in [1.29, 1.82) is 0 Å². The summed E-state index contributed by atoms with van der Waals surface area (Å²) in [5, 5.41) is 12.3. The van der Waals surface area contributed by atoms with E-state index in [1.165, 1.54) is 0 Å². The molecule has 2 aromatic rings. The fraction of sp³-hybridized carbons (Fsp3) is 0.278. The van der Waals surface area contributed by atoms with E-state index in [0.717, 1.165) is 17.7 Å². The molecule has 0 radical (unpaired) electrons. The third kappa shape index (κ3) is 5.40. The molecule has 0 aliphatic heterocycles. The van der Waals surface area contributed by atoms with Gasteiger partial charge in [-0.2, -0.15) is 0 Å². The molecule has 0 saturated carbocycles. The maximum Gasteiger partial charge on any atom is 0.251 e. The number of halogens is 2. The second kappa shape index (κ2) is 8.52. The van der Waals surface area contributed by atoms with Crippen LogP contribution in [0.4, 0.5) is 8.78 Å². The molecule has 128 valence electrons. The maximum atomic E-state index is 13.1. The van der Waals surface area contributed by atoms with Crippen molar-refractivity contribution < 1.29 is 23.4 Å². The quantitative estimate of drug-likeness (QED) is 0.818. The van der Waals surface area contributed by atoms with Gasteiger partial charge in [0.25, 0.3) is 5.91 Å². The zero-order valence-electron chi connectivity index (χ0n) is 13.2. The lowest BCUT2D eigenvalue weighted by Gasteiger charge is -2.17. The lowest BCUT2D eigenvalue weighted by atomic mass is 10.1. The van der Waals surface area contributed by atoms with Crippen molar-refractivity contribution in [1.82, 2.24) is 5.32 Å². The Balaban J connectivity index is 1.78. The molecule has 2 rings (SSSR count). The first kappa shape index (κ1) is 18.0. The molecule has 0 aliphatic rings. The highest BCUT2D eigenvalue weighted by Gasteiger charge is 2.13. The first-order chi connectivity index (χ1) is 11.5. The van der Waals surface area contributed by atoms with E-state index >= 15 is 0 Å². The van der Waals surface area contributed by atoms with Gasteiger partial charge in [-0.25, -0.2) is 8.78 Å². The number of ether oxygens (including phenoxy) is 1. The highest BCUT2D eigenvalue weighted by Crippen LogP contribution is 2.15. The smallest absolute Gasteiger partial charge is 0.251 e. The Bertz CT molecular complexity index is 659. The number of benzene rings is 2. The predicted octanol–water partition coefficient (Wildman–Crippen LogP) is 2.83. The van der Waals surface area contributed by atoms with Crippen LogP contribution in [0.25, 0.3) is 0 Å². The van der Waals surface area contributed by atoms with Crippen molar-refractivity contribution >= 4 is 5.91 Å². The van der Waals surface area contributed by atoms with Gasteiger partial charge in [0.05, 0.1) is 18.8 Å². The van der Waals surface area contributed by atoms with Crippen molar-refractivity contribution in [3.05, 3.63) is 71.3 Å². The lowest BCUT2D eigenvalue weighted by Crippen LogP contribution is -2.34. The van der Waals surface area contributed by atoms with Crippen LogP contribution in [0, 0.1) is 11.6 Å². The summed E-state index contributed by atoms with van der Waals surface area (Å²) >= 11 is 0. The Hall–Kier alpha value is -2.31. The number of rotatable bonds is 7. The standard InChI is InChI=1S/C18H19F2NO3/c1-12(13-5-3-2-4-6-13)24-11-17(22)10-21-18(23)14-7-15(19)9-16(20)8-14/h2-9,12,17,22H,10-11H2,1H3,(H,21,23)/t12-,17-/m0/s1. The molecule has 2 aromatic carbocycles. The van der Waals surface area contributed by atoms with E-state index in [1.54, 1.807) is 0 Å². The van der Waals surface area contributed by atoms with E-state index in [9.17, 15) is 18.7 Å². The molecule has 1 amide bonds. The average Bonchev–Trinajstić information content (AvgIpc) is 2.57. The largest absolute Gasteiger partial charge is 0.389 e. The minimum atomic E-state index is -0.932. The Morgan fingerprint density at radius 1 is 1.17 bits per heavy atom. The minimum Gasteiger partial charge on any atom is -0.389 e. The van der Waals surface area contributed by atoms with Gasteiger partial charge in [0.2, 0.25) is 0 Å². The molecule has 24 heavy (non-hydrogen) atoms. The highest BCUT2D eigenvalue weighted by atomic mass is 19.1. The van der Waals surface area contributed by atoms with Gasteiger partial charge in [-0.15, -0.1) is 0 Å². The van der Waals surface area contributed by atoms with Crippen molar-refractivity contribution in [3.8, 4) is 0 Å². The topological polar surface area (TPSA) is 58.6 Å². The van der Waals surface area contributed by atoms with Crippen LogP contribution in [-0.4, -0.2) is 30.3 Å². The van der Waals surface area contributed by atoms with Crippen LogP contribution >= 0.6 is 0 Å². The Morgan fingerprint density at radius 2 is 1.79 bits per heavy atom. The van der Waals surface area contributed by atoms with E-state index in [-0.39, 0.29) is 24.8 Å². The van der Waals surface area contributed by atoms with Gasteiger partial charge in [0.1, 0.15) is 11.6 Å². The van der Waals surface area contributed by atoms with Crippen LogP contribution in [0.2, 0.25) is 0 Å². The molecular formula is C18H19F2NO3. The van der Waals surface area contributed by atoms with Gasteiger partial charge in [-0.05, 0) is 24.6 Å². The van der Waals surface area contributed by atoms with Crippen LogP contribution in [0.5, 0.6) is 0 Å². The number of carbonyl (C=O) groups is 1. The second-order valence-electron chi connectivity index (χ2n) is 5.41. The molecule has 0 heterocycles. The van der Waals surface area contributed by atoms with Crippen molar-refractivity contribution in [2.45, 2.75) is 19.1 Å². The van der Waals surface area contributed by atoms with Crippen molar-refractivity contribution in [2.75, 3.05) is 13.2 Å². The first-order valence-corrected chi connectivity index (χ1v) is 7.54. The van der Waals surface area contributed by atoms with Crippen LogP contribution in [0.3, 0.4) is 0 Å². The Labute approximate surface area is 139 Å². The fourth-order valence-electron chi connectivity index (χ4n) is 2.13. The molecule has 6 heteroatoms. The number of amides is 1. The second-order valence-corrected chi connectivity index (χ2v) is 5.41. The van der Waals surface area contributed by atoms with Crippen LogP contribution in [0.1, 0.15) is 28.9 Å². The number of hydrogen-bond donors (Lipinski definition) is 2. The third-order valence-electron chi connectivity index (χ3n) is 3.43. The van der Waals surface area contributed by atoms with E-state index in [4.69, 9.17) is 4.74 Å². The number of aliphatic hydroxyl groups is 1. The number of nitrogens with one attached hydrogen (secondary N) is 1. The molecular weight excluding hydrogens is 316 g/mol. The summed E-state index contributed by atoms with van der Waals surface area (Å²) in [6, 6.07) is 12.1. The number of carbonyl (C=O) groups excluding carboxylic acids is 1. The molecule has 0 aliphatic carbocycles. The maximum absolute atomic E-state index is 13.1. The van der Waals surface area contributed by atoms with Crippen molar-refractivity contribution in [2.24, 2.45) is 0 Å².